The van der Waals surface area contributed by atoms with Gasteiger partial charge in [0.25, 0.3) is 0 Å². The van der Waals surface area contributed by atoms with E-state index in [4.69, 9.17) is 14.2 Å². The molecule has 0 radical (unpaired) electrons. The van der Waals surface area contributed by atoms with Crippen LogP contribution in [0.1, 0.15) is 335 Å². The fourth-order valence-corrected chi connectivity index (χ4v) is 9.44. The van der Waals surface area contributed by atoms with E-state index in [-0.39, 0.29) is 31.1 Å². The van der Waals surface area contributed by atoms with Crippen LogP contribution in [0.3, 0.4) is 0 Å². The molecule has 1 atom stereocenters. The molecule has 0 N–H and O–H groups in total. The van der Waals surface area contributed by atoms with Gasteiger partial charge in [-0.3, -0.25) is 14.4 Å². The molecule has 0 bridgehead atoms. The van der Waals surface area contributed by atoms with Crippen LogP contribution in [0.4, 0.5) is 0 Å². The maximum absolute atomic E-state index is 12.9. The molecule has 0 aromatic carbocycles. The summed E-state index contributed by atoms with van der Waals surface area (Å²) in [6.45, 7) is 6.50. The number of esters is 3. The average Bonchev–Trinajstić information content (AvgIpc) is 3.40. The molecule has 0 aliphatic carbocycles. The Balaban J connectivity index is 4.08. The summed E-state index contributed by atoms with van der Waals surface area (Å²) >= 11 is 0. The lowest BCUT2D eigenvalue weighted by atomic mass is 10.0. The van der Waals surface area contributed by atoms with Gasteiger partial charge >= 0.3 is 17.9 Å². The van der Waals surface area contributed by atoms with Crippen LogP contribution in [-0.2, 0) is 28.6 Å². The second kappa shape index (κ2) is 62.6. The van der Waals surface area contributed by atoms with Crippen LogP contribution < -0.4 is 0 Å². The molecule has 6 nitrogen and oxygen atoms in total. The molecule has 0 aromatic heterocycles. The molecule has 0 aromatic rings. The first-order chi connectivity index (χ1) is 36.5. The predicted octanol–water partition coefficient (Wildman–Crippen LogP) is 21.9. The zero-order valence-corrected chi connectivity index (χ0v) is 49.4. The van der Waals surface area contributed by atoms with Gasteiger partial charge in [-0.05, 0) is 77.0 Å². The van der Waals surface area contributed by atoms with Gasteiger partial charge in [-0.15, -0.1) is 0 Å². The van der Waals surface area contributed by atoms with Gasteiger partial charge in [0, 0.05) is 19.3 Å². The molecular formula is C68H122O6. The molecule has 0 heterocycles. The zero-order chi connectivity index (χ0) is 53.6. The molecule has 430 valence electrons. The van der Waals surface area contributed by atoms with Crippen LogP contribution in [-0.4, -0.2) is 37.2 Å². The van der Waals surface area contributed by atoms with Crippen molar-refractivity contribution in [2.45, 2.75) is 341 Å². The standard InChI is InChI=1S/C68H122O6/c1-4-7-10-13-16-19-22-24-26-27-28-29-30-31-32-33-34-35-36-37-38-39-40-41-43-44-46-49-52-55-58-61-67(70)73-64-65(63-72-66(69)60-57-54-51-48-21-18-15-12-9-6-3)74-68(71)62-59-56-53-50-47-45-42-25-23-20-17-14-11-8-5-2/h7,10,12,15-16,19,24,26,28-29,65H,4-6,8-9,11,13-14,17-18,20-23,25,27,30-64H2,1-3H3/b10-7-,15-12-,19-16-,26-24-,29-28-. The van der Waals surface area contributed by atoms with Crippen LogP contribution in [0.25, 0.3) is 0 Å². The van der Waals surface area contributed by atoms with E-state index in [1.165, 1.54) is 199 Å². The highest BCUT2D eigenvalue weighted by atomic mass is 16.6. The number of allylic oxidation sites excluding steroid dienone is 10. The molecule has 0 rings (SSSR count). The van der Waals surface area contributed by atoms with Gasteiger partial charge < -0.3 is 14.2 Å². The fourth-order valence-electron chi connectivity index (χ4n) is 9.44. The maximum Gasteiger partial charge on any atom is 0.306 e. The van der Waals surface area contributed by atoms with Crippen molar-refractivity contribution in [1.82, 2.24) is 0 Å². The number of hydrogen-bond acceptors (Lipinski definition) is 6. The summed E-state index contributed by atoms with van der Waals surface area (Å²) in [5, 5.41) is 0. The van der Waals surface area contributed by atoms with Gasteiger partial charge in [-0.25, -0.2) is 0 Å². The van der Waals surface area contributed by atoms with Crippen molar-refractivity contribution >= 4 is 17.9 Å². The lowest BCUT2D eigenvalue weighted by Gasteiger charge is -2.18. The number of ether oxygens (including phenoxy) is 3. The van der Waals surface area contributed by atoms with Gasteiger partial charge in [0.2, 0.25) is 0 Å². The van der Waals surface area contributed by atoms with E-state index in [2.05, 4.69) is 81.5 Å². The Labute approximate surface area is 460 Å². The topological polar surface area (TPSA) is 78.9 Å². The smallest absolute Gasteiger partial charge is 0.306 e. The molecule has 0 aliphatic rings. The first kappa shape index (κ1) is 71.1. The van der Waals surface area contributed by atoms with Crippen LogP contribution in [0.5, 0.6) is 0 Å². The molecule has 0 spiro atoms. The Bertz CT molecular complexity index is 1330. The van der Waals surface area contributed by atoms with Gasteiger partial charge in [-0.1, -0.05) is 300 Å². The van der Waals surface area contributed by atoms with Crippen molar-refractivity contribution in [2.24, 2.45) is 0 Å². The Morgan fingerprint density at radius 1 is 0.284 bits per heavy atom. The van der Waals surface area contributed by atoms with E-state index in [1.54, 1.807) is 0 Å². The van der Waals surface area contributed by atoms with E-state index in [0.29, 0.717) is 19.3 Å². The fraction of sp³-hybridized carbons (Fsp3) is 0.809. The summed E-state index contributed by atoms with van der Waals surface area (Å²) in [5.41, 5.74) is 0. The maximum atomic E-state index is 12.9. The first-order valence-electron chi connectivity index (χ1n) is 32.3. The van der Waals surface area contributed by atoms with E-state index in [1.807, 2.05) is 0 Å². The molecular weight excluding hydrogens is 913 g/mol. The van der Waals surface area contributed by atoms with Crippen molar-refractivity contribution in [3.8, 4) is 0 Å². The third kappa shape index (κ3) is 60.0. The van der Waals surface area contributed by atoms with Crippen LogP contribution >= 0.6 is 0 Å². The third-order valence-electron chi connectivity index (χ3n) is 14.2. The molecule has 74 heavy (non-hydrogen) atoms. The molecule has 6 heteroatoms. The van der Waals surface area contributed by atoms with Gasteiger partial charge in [0.1, 0.15) is 13.2 Å². The monoisotopic (exact) mass is 1030 g/mol. The highest BCUT2D eigenvalue weighted by Crippen LogP contribution is 2.18. The highest BCUT2D eigenvalue weighted by Gasteiger charge is 2.19. The van der Waals surface area contributed by atoms with Crippen molar-refractivity contribution in [3.05, 3.63) is 60.8 Å². The summed E-state index contributed by atoms with van der Waals surface area (Å²) in [7, 11) is 0. The first-order valence-corrected chi connectivity index (χ1v) is 32.3. The average molecular weight is 1040 g/mol. The lowest BCUT2D eigenvalue weighted by Crippen LogP contribution is -2.30. The lowest BCUT2D eigenvalue weighted by molar-refractivity contribution is -0.167. The number of hydrogen-bond donors (Lipinski definition) is 0. The van der Waals surface area contributed by atoms with Gasteiger partial charge in [0.05, 0.1) is 0 Å². The van der Waals surface area contributed by atoms with E-state index >= 15 is 0 Å². The molecule has 0 amide bonds. The second-order valence-electron chi connectivity index (χ2n) is 21.6. The minimum absolute atomic E-state index is 0.0714. The number of rotatable bonds is 59. The Morgan fingerprint density at radius 2 is 0.554 bits per heavy atom. The summed E-state index contributed by atoms with van der Waals surface area (Å²) in [6, 6.07) is 0. The Hall–Kier alpha value is -2.89. The highest BCUT2D eigenvalue weighted by molar-refractivity contribution is 5.71. The minimum Gasteiger partial charge on any atom is -0.462 e. The normalized spacial score (nSPS) is 12.4. The van der Waals surface area contributed by atoms with Gasteiger partial charge in [0.15, 0.2) is 6.10 Å². The molecule has 0 aliphatic heterocycles. The molecule has 0 fully saturated rings. The number of carbonyl (C=O) groups is 3. The van der Waals surface area contributed by atoms with Crippen molar-refractivity contribution in [1.29, 1.82) is 0 Å². The Morgan fingerprint density at radius 3 is 0.892 bits per heavy atom. The summed E-state index contributed by atoms with van der Waals surface area (Å²) in [5.74, 6) is -0.863. The van der Waals surface area contributed by atoms with E-state index < -0.39 is 6.10 Å². The summed E-state index contributed by atoms with van der Waals surface area (Å²) < 4.78 is 16.9. The van der Waals surface area contributed by atoms with Crippen molar-refractivity contribution in [3.63, 3.8) is 0 Å². The number of unbranched alkanes of at least 4 members (excludes halogenated alkanes) is 38. The van der Waals surface area contributed by atoms with E-state index in [9.17, 15) is 14.4 Å². The third-order valence-corrected chi connectivity index (χ3v) is 14.2. The zero-order valence-electron chi connectivity index (χ0n) is 49.4. The second-order valence-corrected chi connectivity index (χ2v) is 21.6. The largest absolute Gasteiger partial charge is 0.462 e. The number of carbonyl (C=O) groups excluding carboxylic acids is 3. The quantitative estimate of drug-likeness (QED) is 0.0261. The van der Waals surface area contributed by atoms with Crippen LogP contribution in [0.15, 0.2) is 60.8 Å². The summed E-state index contributed by atoms with van der Waals surface area (Å²) in [4.78, 5) is 38.2. The van der Waals surface area contributed by atoms with Crippen LogP contribution in [0.2, 0.25) is 0 Å². The molecule has 0 saturated heterocycles. The summed E-state index contributed by atoms with van der Waals surface area (Å²) in [6.07, 6.45) is 79.7. The predicted molar refractivity (Wildman–Crippen MR) is 321 cm³/mol. The van der Waals surface area contributed by atoms with E-state index in [0.717, 1.165) is 96.3 Å². The van der Waals surface area contributed by atoms with Gasteiger partial charge in [-0.2, -0.15) is 0 Å². The Kier molecular flexibility index (Phi) is 60.2. The SMILES string of the molecule is CC/C=C\C/C=C\C/C=C\C/C=C\CCCCCCCCCCCCCCCCCCCCC(=O)OCC(COC(=O)CCCCCCC/C=C\CCC)OC(=O)CCCCCCCCCCCCCCCCC. The minimum atomic E-state index is -0.772. The van der Waals surface area contributed by atoms with Crippen LogP contribution in [0, 0.1) is 0 Å². The van der Waals surface area contributed by atoms with Crippen molar-refractivity contribution < 1.29 is 28.6 Å². The molecule has 1 unspecified atom stereocenters. The van der Waals surface area contributed by atoms with Crippen molar-refractivity contribution in [2.75, 3.05) is 13.2 Å². The molecule has 0 saturated carbocycles.